The van der Waals surface area contributed by atoms with Crippen molar-refractivity contribution in [3.05, 3.63) is 35.1 Å². The molecule has 6 heteroatoms. The van der Waals surface area contributed by atoms with E-state index in [0.29, 0.717) is 6.54 Å². The van der Waals surface area contributed by atoms with E-state index < -0.39 is 6.03 Å². The van der Waals surface area contributed by atoms with Crippen LogP contribution in [-0.4, -0.2) is 30.2 Å². The molecular formula is C14H19FN4O. The van der Waals surface area contributed by atoms with Crippen LogP contribution in [0.2, 0.25) is 0 Å². The number of hydrazone groups is 1. The van der Waals surface area contributed by atoms with Gasteiger partial charge in [-0.15, -0.1) is 0 Å². The molecule has 1 fully saturated rings. The van der Waals surface area contributed by atoms with Gasteiger partial charge in [0.2, 0.25) is 0 Å². The molecule has 1 saturated heterocycles. The Hall–Kier alpha value is -1.95. The van der Waals surface area contributed by atoms with Crippen LogP contribution in [0.1, 0.15) is 30.4 Å². The van der Waals surface area contributed by atoms with E-state index in [2.05, 4.69) is 15.4 Å². The molecular weight excluding hydrogens is 259 g/mol. The highest BCUT2D eigenvalue weighted by Gasteiger charge is 2.12. The quantitative estimate of drug-likeness (QED) is 0.651. The summed E-state index contributed by atoms with van der Waals surface area (Å²) < 4.78 is 13.4. The molecule has 5 nitrogen and oxygen atoms in total. The maximum Gasteiger partial charge on any atom is 0.332 e. The number of nitrogens with zero attached hydrogens (tertiary/aromatic N) is 2. The smallest absolute Gasteiger partial charge is 0.332 e. The van der Waals surface area contributed by atoms with E-state index in [9.17, 15) is 9.18 Å². The molecule has 3 N–H and O–H groups in total. The van der Waals surface area contributed by atoms with E-state index in [1.165, 1.54) is 37.6 Å². The number of likely N-dealkylation sites (tertiary alicyclic amines) is 1. The van der Waals surface area contributed by atoms with Gasteiger partial charge in [-0.05, 0) is 49.2 Å². The highest BCUT2D eigenvalue weighted by molar-refractivity contribution is 5.83. The number of hydrogen-bond donors (Lipinski definition) is 2. The zero-order chi connectivity index (χ0) is 14.4. The van der Waals surface area contributed by atoms with Crippen LogP contribution in [-0.2, 0) is 6.54 Å². The van der Waals surface area contributed by atoms with E-state index in [1.54, 1.807) is 6.07 Å². The molecule has 1 aliphatic heterocycles. The first-order valence-electron chi connectivity index (χ1n) is 6.74. The lowest BCUT2D eigenvalue weighted by Gasteiger charge is -2.27. The number of piperidine rings is 1. The summed E-state index contributed by atoms with van der Waals surface area (Å²) >= 11 is 0. The highest BCUT2D eigenvalue weighted by atomic mass is 19.1. The first-order valence-corrected chi connectivity index (χ1v) is 6.74. The summed E-state index contributed by atoms with van der Waals surface area (Å²) in [6.45, 7) is 2.76. The molecule has 1 aliphatic rings. The average molecular weight is 278 g/mol. The van der Waals surface area contributed by atoms with E-state index in [-0.39, 0.29) is 5.82 Å². The third kappa shape index (κ3) is 4.31. The highest BCUT2D eigenvalue weighted by Crippen LogP contribution is 2.16. The normalized spacial score (nSPS) is 16.4. The Morgan fingerprint density at radius 2 is 2.15 bits per heavy atom. The second-order valence-electron chi connectivity index (χ2n) is 4.91. The SMILES string of the molecule is NC(=O)NN=Cc1ccc(F)cc1CN1CCCCC1. The molecule has 0 saturated carbocycles. The summed E-state index contributed by atoms with van der Waals surface area (Å²) in [6.07, 6.45) is 5.11. The fraction of sp³-hybridized carbons (Fsp3) is 0.429. The number of primary amides is 1. The largest absolute Gasteiger partial charge is 0.350 e. The predicted molar refractivity (Wildman–Crippen MR) is 75.8 cm³/mol. The van der Waals surface area contributed by atoms with Gasteiger partial charge in [-0.25, -0.2) is 14.6 Å². The molecule has 20 heavy (non-hydrogen) atoms. The Labute approximate surface area is 117 Å². The molecule has 0 unspecified atom stereocenters. The number of carbonyl (C=O) groups is 1. The van der Waals surface area contributed by atoms with Gasteiger partial charge in [-0.2, -0.15) is 5.10 Å². The third-order valence-electron chi connectivity index (χ3n) is 3.33. The van der Waals surface area contributed by atoms with Gasteiger partial charge in [0.05, 0.1) is 6.21 Å². The molecule has 0 aromatic heterocycles. The fourth-order valence-corrected chi connectivity index (χ4v) is 2.36. The number of hydrogen-bond acceptors (Lipinski definition) is 3. The maximum atomic E-state index is 13.4. The van der Waals surface area contributed by atoms with Crippen molar-refractivity contribution in [2.45, 2.75) is 25.8 Å². The lowest BCUT2D eigenvalue weighted by Crippen LogP contribution is -2.29. The lowest BCUT2D eigenvalue weighted by atomic mass is 10.1. The average Bonchev–Trinajstić information content (AvgIpc) is 2.42. The number of urea groups is 1. The van der Waals surface area contributed by atoms with E-state index in [0.717, 1.165) is 24.2 Å². The third-order valence-corrected chi connectivity index (χ3v) is 3.33. The molecule has 0 spiro atoms. The second-order valence-corrected chi connectivity index (χ2v) is 4.91. The number of nitrogens with one attached hydrogen (secondary N) is 1. The van der Waals surface area contributed by atoms with E-state index >= 15 is 0 Å². The van der Waals surface area contributed by atoms with Crippen LogP contribution in [0, 0.1) is 5.82 Å². The molecule has 1 aromatic carbocycles. The van der Waals surface area contributed by atoms with Gasteiger partial charge in [0, 0.05) is 6.54 Å². The van der Waals surface area contributed by atoms with E-state index in [1.807, 2.05) is 0 Å². The Bertz CT molecular complexity index is 498. The summed E-state index contributed by atoms with van der Waals surface area (Å²) in [5, 5.41) is 3.73. The number of benzene rings is 1. The van der Waals surface area contributed by atoms with Gasteiger partial charge in [0.1, 0.15) is 5.82 Å². The van der Waals surface area contributed by atoms with Gasteiger partial charge in [0.15, 0.2) is 0 Å². The monoisotopic (exact) mass is 278 g/mol. The zero-order valence-electron chi connectivity index (χ0n) is 11.3. The van der Waals surface area contributed by atoms with Crippen molar-refractivity contribution in [1.29, 1.82) is 0 Å². The van der Waals surface area contributed by atoms with Gasteiger partial charge in [0.25, 0.3) is 0 Å². The molecule has 0 radical (unpaired) electrons. The van der Waals surface area contributed by atoms with Crippen molar-refractivity contribution in [2.24, 2.45) is 10.8 Å². The summed E-state index contributed by atoms with van der Waals surface area (Å²) in [4.78, 5) is 12.9. The minimum atomic E-state index is -0.721. The Morgan fingerprint density at radius 3 is 2.85 bits per heavy atom. The predicted octanol–water partition coefficient (Wildman–Crippen LogP) is 1.81. The maximum absolute atomic E-state index is 13.4. The molecule has 1 aromatic rings. The number of nitrogens with two attached hydrogens (primary N) is 1. The number of rotatable bonds is 4. The van der Waals surface area contributed by atoms with Gasteiger partial charge in [-0.3, -0.25) is 4.90 Å². The Balaban J connectivity index is 2.10. The summed E-state index contributed by atoms with van der Waals surface area (Å²) in [5.41, 5.74) is 8.72. The van der Waals surface area contributed by atoms with Crippen LogP contribution in [0.25, 0.3) is 0 Å². The van der Waals surface area contributed by atoms with Crippen LogP contribution in [0.15, 0.2) is 23.3 Å². The first kappa shape index (κ1) is 14.5. The number of amides is 2. The molecule has 0 aliphatic carbocycles. The van der Waals surface area contributed by atoms with Crippen molar-refractivity contribution in [1.82, 2.24) is 10.3 Å². The number of carbonyl (C=O) groups excluding carboxylic acids is 1. The van der Waals surface area contributed by atoms with Crippen molar-refractivity contribution < 1.29 is 9.18 Å². The molecule has 108 valence electrons. The zero-order valence-corrected chi connectivity index (χ0v) is 11.3. The first-order chi connectivity index (χ1) is 9.65. The van der Waals surface area contributed by atoms with Crippen molar-refractivity contribution >= 4 is 12.2 Å². The summed E-state index contributed by atoms with van der Waals surface area (Å²) in [7, 11) is 0. The molecule has 0 bridgehead atoms. The minimum absolute atomic E-state index is 0.267. The van der Waals surface area contributed by atoms with Crippen LogP contribution in [0.3, 0.4) is 0 Å². The van der Waals surface area contributed by atoms with Crippen molar-refractivity contribution in [2.75, 3.05) is 13.1 Å². The lowest BCUT2D eigenvalue weighted by molar-refractivity contribution is 0.220. The topological polar surface area (TPSA) is 70.7 Å². The van der Waals surface area contributed by atoms with Crippen molar-refractivity contribution in [3.8, 4) is 0 Å². The number of halogens is 1. The molecule has 0 atom stereocenters. The van der Waals surface area contributed by atoms with Crippen molar-refractivity contribution in [3.63, 3.8) is 0 Å². The van der Waals surface area contributed by atoms with Gasteiger partial charge < -0.3 is 5.73 Å². The summed E-state index contributed by atoms with van der Waals surface area (Å²) in [6, 6.07) is 3.83. The van der Waals surface area contributed by atoms with Gasteiger partial charge >= 0.3 is 6.03 Å². The molecule has 2 amide bonds. The fourth-order valence-electron chi connectivity index (χ4n) is 2.36. The van der Waals surface area contributed by atoms with E-state index in [4.69, 9.17) is 5.73 Å². The van der Waals surface area contributed by atoms with Crippen LogP contribution in [0.5, 0.6) is 0 Å². The van der Waals surface area contributed by atoms with Crippen LogP contribution in [0.4, 0.5) is 9.18 Å². The van der Waals surface area contributed by atoms with Gasteiger partial charge in [-0.1, -0.05) is 12.5 Å². The Morgan fingerprint density at radius 1 is 1.40 bits per heavy atom. The second kappa shape index (κ2) is 7.00. The standard InChI is InChI=1S/C14H19FN4O/c15-13-5-4-11(9-17-18-14(16)20)12(8-13)10-19-6-2-1-3-7-19/h4-5,8-9H,1-3,6-7,10H2,(H3,16,18,20). The van der Waals surface area contributed by atoms with Crippen LogP contribution >= 0.6 is 0 Å². The van der Waals surface area contributed by atoms with Crippen LogP contribution < -0.4 is 11.2 Å². The minimum Gasteiger partial charge on any atom is -0.350 e. The molecule has 2 rings (SSSR count). The molecule has 1 heterocycles. The Kier molecular flexibility index (Phi) is 5.06. The summed E-state index contributed by atoms with van der Waals surface area (Å²) in [5.74, 6) is -0.267.